The molecule has 118 valence electrons. The summed E-state index contributed by atoms with van der Waals surface area (Å²) in [6.45, 7) is 0. The first-order valence-electron chi connectivity index (χ1n) is 7.77. The highest BCUT2D eigenvalue weighted by Gasteiger charge is 2.50. The van der Waals surface area contributed by atoms with Gasteiger partial charge in [-0.05, 0) is 31.3 Å². The number of fused-ring (bicyclic) bond motifs is 6. The Balaban J connectivity index is 1.52. The van der Waals surface area contributed by atoms with E-state index in [1.807, 2.05) is 17.8 Å². The van der Waals surface area contributed by atoms with Crippen molar-refractivity contribution in [2.75, 3.05) is 0 Å². The molecule has 1 saturated carbocycles. The molecule has 1 aromatic rings. The summed E-state index contributed by atoms with van der Waals surface area (Å²) < 4.78 is 1.97. The lowest BCUT2D eigenvalue weighted by atomic mass is 9.93. The third kappa shape index (κ3) is 1.58. The van der Waals surface area contributed by atoms with Gasteiger partial charge in [-0.3, -0.25) is 14.4 Å². The number of hydrogen-bond donors (Lipinski definition) is 1. The first-order valence-corrected chi connectivity index (χ1v) is 8.71. The summed E-state index contributed by atoms with van der Waals surface area (Å²) in [4.78, 5) is 24.8. The third-order valence-electron chi connectivity index (χ3n) is 5.43. The van der Waals surface area contributed by atoms with Crippen LogP contribution in [0.25, 0.3) is 6.08 Å². The van der Waals surface area contributed by atoms with Gasteiger partial charge >= 0.3 is 5.97 Å². The monoisotopic (exact) mass is 329 g/mol. The molecule has 2 unspecified atom stereocenters. The zero-order valence-electron chi connectivity index (χ0n) is 12.5. The molecule has 0 radical (unpaired) electrons. The standard InChI is InChI=1S/C16H15N3O3S/c1-18-13-8-3-2-7(4-8)12(13)10(17-18)5-9-14(20)19-11(16(21)22)6-23-15(9)19/h5-8,15H,2-4H2,1H3,(H,21,22)/b9-5-/t7?,8?,15-/m1/s1. The number of aryl methyl sites for hydroxylation is 1. The molecule has 2 fully saturated rings. The predicted octanol–water partition coefficient (Wildman–Crippen LogP) is 2.01. The van der Waals surface area contributed by atoms with Gasteiger partial charge in [-0.25, -0.2) is 4.79 Å². The lowest BCUT2D eigenvalue weighted by molar-refractivity contribution is -0.141. The van der Waals surface area contributed by atoms with Crippen molar-refractivity contribution < 1.29 is 14.7 Å². The molecule has 0 aromatic carbocycles. The van der Waals surface area contributed by atoms with Crippen molar-refractivity contribution in [3.63, 3.8) is 0 Å². The first kappa shape index (κ1) is 13.4. The fraction of sp³-hybridized carbons (Fsp3) is 0.438. The number of nitrogens with zero attached hydrogens (tertiary/aromatic N) is 3. The van der Waals surface area contributed by atoms with Crippen molar-refractivity contribution in [2.24, 2.45) is 7.05 Å². The van der Waals surface area contributed by atoms with Gasteiger partial charge in [-0.1, -0.05) is 0 Å². The van der Waals surface area contributed by atoms with Crippen molar-refractivity contribution in [1.82, 2.24) is 14.7 Å². The molecule has 5 rings (SSSR count). The minimum atomic E-state index is -1.05. The number of aromatic nitrogens is 2. The van der Waals surface area contributed by atoms with E-state index in [1.165, 1.54) is 47.2 Å². The van der Waals surface area contributed by atoms with Gasteiger partial charge in [-0.15, -0.1) is 11.8 Å². The van der Waals surface area contributed by atoms with Crippen LogP contribution < -0.4 is 0 Å². The van der Waals surface area contributed by atoms with E-state index >= 15 is 0 Å². The molecule has 1 amide bonds. The van der Waals surface area contributed by atoms with Crippen LogP contribution in [-0.4, -0.2) is 37.0 Å². The van der Waals surface area contributed by atoms with E-state index < -0.39 is 5.97 Å². The van der Waals surface area contributed by atoms with Crippen LogP contribution in [0.15, 0.2) is 16.7 Å². The zero-order valence-corrected chi connectivity index (χ0v) is 13.3. The lowest BCUT2D eigenvalue weighted by Gasteiger charge is -2.37. The second-order valence-corrected chi connectivity index (χ2v) is 7.54. The molecule has 7 heteroatoms. The van der Waals surface area contributed by atoms with Gasteiger partial charge in [-0.2, -0.15) is 5.10 Å². The van der Waals surface area contributed by atoms with Crippen LogP contribution >= 0.6 is 11.8 Å². The molecule has 0 spiro atoms. The van der Waals surface area contributed by atoms with E-state index in [0.717, 1.165) is 5.69 Å². The molecular weight excluding hydrogens is 314 g/mol. The Bertz CT molecular complexity index is 838. The van der Waals surface area contributed by atoms with Crippen LogP contribution in [0.5, 0.6) is 0 Å². The smallest absolute Gasteiger partial charge is 0.353 e. The average Bonchev–Trinajstić information content (AvgIpc) is 3.25. The first-order chi connectivity index (χ1) is 11.1. The zero-order chi connectivity index (χ0) is 15.9. The number of hydrogen-bond acceptors (Lipinski definition) is 4. The van der Waals surface area contributed by atoms with E-state index in [4.69, 9.17) is 5.11 Å². The Kier molecular flexibility index (Phi) is 2.50. The molecule has 1 saturated heterocycles. The second-order valence-electron chi connectivity index (χ2n) is 6.59. The topological polar surface area (TPSA) is 75.4 Å². The van der Waals surface area contributed by atoms with Crippen molar-refractivity contribution in [3.8, 4) is 0 Å². The fourth-order valence-corrected chi connectivity index (χ4v) is 5.61. The van der Waals surface area contributed by atoms with Gasteiger partial charge in [0.05, 0.1) is 11.3 Å². The van der Waals surface area contributed by atoms with Crippen LogP contribution in [0.4, 0.5) is 0 Å². The molecule has 3 heterocycles. The van der Waals surface area contributed by atoms with Crippen molar-refractivity contribution in [1.29, 1.82) is 0 Å². The SMILES string of the molecule is Cn1nc(/C=C2/C(=O)N3C(C(=O)O)=CS[C@H]23)c2c1C1CCC2C1. The number of carboxylic acids is 1. The maximum atomic E-state index is 12.3. The Labute approximate surface area is 136 Å². The molecule has 1 aromatic heterocycles. The summed E-state index contributed by atoms with van der Waals surface area (Å²) in [6, 6.07) is 0. The predicted molar refractivity (Wildman–Crippen MR) is 84.5 cm³/mol. The number of carbonyl (C=O) groups is 2. The Hall–Kier alpha value is -2.02. The van der Waals surface area contributed by atoms with Gasteiger partial charge in [0.25, 0.3) is 5.91 Å². The van der Waals surface area contributed by atoms with Crippen molar-refractivity contribution in [2.45, 2.75) is 36.5 Å². The highest BCUT2D eigenvalue weighted by molar-refractivity contribution is 8.03. The summed E-state index contributed by atoms with van der Waals surface area (Å²) in [5.41, 5.74) is 4.29. The van der Waals surface area contributed by atoms with Crippen molar-refractivity contribution >= 4 is 29.7 Å². The van der Waals surface area contributed by atoms with Crippen LogP contribution in [0.2, 0.25) is 0 Å². The van der Waals surface area contributed by atoms with Crippen LogP contribution in [0.1, 0.15) is 48.0 Å². The summed E-state index contributed by atoms with van der Waals surface area (Å²) >= 11 is 1.37. The summed E-state index contributed by atoms with van der Waals surface area (Å²) in [5, 5.41) is 15.1. The normalized spacial score (nSPS) is 32.1. The molecule has 4 aliphatic rings. The molecule has 2 aliphatic carbocycles. The van der Waals surface area contributed by atoms with Crippen LogP contribution in [0.3, 0.4) is 0 Å². The number of aliphatic carboxylic acids is 1. The van der Waals surface area contributed by atoms with E-state index in [2.05, 4.69) is 5.10 Å². The summed E-state index contributed by atoms with van der Waals surface area (Å²) in [6.07, 6.45) is 5.54. The number of rotatable bonds is 2. The Morgan fingerprint density at radius 3 is 3.00 bits per heavy atom. The largest absolute Gasteiger partial charge is 0.477 e. The lowest BCUT2D eigenvalue weighted by Crippen LogP contribution is -2.51. The van der Waals surface area contributed by atoms with E-state index in [1.54, 1.807) is 5.41 Å². The van der Waals surface area contributed by atoms with Crippen LogP contribution in [-0.2, 0) is 16.6 Å². The maximum Gasteiger partial charge on any atom is 0.353 e. The Morgan fingerprint density at radius 2 is 2.22 bits per heavy atom. The number of carboxylic acid groups (broad SMARTS) is 1. The number of amides is 1. The number of β-lactam (4-membered cyclic amide) rings is 1. The van der Waals surface area contributed by atoms with Crippen LogP contribution in [0, 0.1) is 0 Å². The van der Waals surface area contributed by atoms with Gasteiger partial charge in [0, 0.05) is 29.6 Å². The molecule has 2 aliphatic heterocycles. The molecule has 2 bridgehead atoms. The van der Waals surface area contributed by atoms with Gasteiger partial charge in [0.15, 0.2) is 0 Å². The highest BCUT2D eigenvalue weighted by Crippen LogP contribution is 2.54. The molecule has 23 heavy (non-hydrogen) atoms. The highest BCUT2D eigenvalue weighted by atomic mass is 32.2. The van der Waals surface area contributed by atoms with E-state index in [0.29, 0.717) is 17.4 Å². The summed E-state index contributed by atoms with van der Waals surface area (Å²) in [7, 11) is 1.98. The van der Waals surface area contributed by atoms with Gasteiger partial charge < -0.3 is 5.11 Å². The van der Waals surface area contributed by atoms with E-state index in [-0.39, 0.29) is 17.0 Å². The minimum Gasteiger partial charge on any atom is -0.477 e. The fourth-order valence-electron chi connectivity index (χ4n) is 4.49. The van der Waals surface area contributed by atoms with Gasteiger partial charge in [0.1, 0.15) is 11.1 Å². The minimum absolute atomic E-state index is 0.0763. The summed E-state index contributed by atoms with van der Waals surface area (Å²) in [5.74, 6) is -0.0696. The quantitative estimate of drug-likeness (QED) is 0.663. The Morgan fingerprint density at radius 1 is 1.43 bits per heavy atom. The van der Waals surface area contributed by atoms with E-state index in [9.17, 15) is 9.59 Å². The molecule has 1 N–H and O–H groups in total. The molecule has 3 atom stereocenters. The third-order valence-corrected chi connectivity index (χ3v) is 6.51. The average molecular weight is 329 g/mol. The molecule has 6 nitrogen and oxygen atoms in total. The second kappa shape index (κ2) is 4.29. The number of carbonyl (C=O) groups excluding carboxylic acids is 1. The van der Waals surface area contributed by atoms with Crippen molar-refractivity contribution in [3.05, 3.63) is 33.6 Å². The van der Waals surface area contributed by atoms with Gasteiger partial charge in [0.2, 0.25) is 0 Å². The maximum absolute atomic E-state index is 12.3. The molecular formula is C16H15N3O3S. The number of thioether (sulfide) groups is 1.